The van der Waals surface area contributed by atoms with Crippen molar-refractivity contribution in [1.29, 1.82) is 0 Å². The molecule has 6 nitrogen and oxygen atoms in total. The number of amides is 1. The molecule has 25 heavy (non-hydrogen) atoms. The van der Waals surface area contributed by atoms with Gasteiger partial charge in [-0.2, -0.15) is 0 Å². The first-order chi connectivity index (χ1) is 12.2. The number of hydrogen-bond donors (Lipinski definition) is 2. The summed E-state index contributed by atoms with van der Waals surface area (Å²) in [7, 11) is 0. The number of aromatic amines is 1. The van der Waals surface area contributed by atoms with E-state index < -0.39 is 5.76 Å². The van der Waals surface area contributed by atoms with Gasteiger partial charge in [0.2, 0.25) is 5.91 Å². The molecule has 2 N–H and O–H groups in total. The smallest absolute Gasteiger partial charge is 0.408 e. The highest BCUT2D eigenvalue weighted by Gasteiger charge is 2.10. The monoisotopic (exact) mass is 335 g/mol. The van der Waals surface area contributed by atoms with Gasteiger partial charge in [0.05, 0.1) is 12.1 Å². The van der Waals surface area contributed by atoms with Crippen LogP contribution < -0.4 is 11.1 Å². The van der Waals surface area contributed by atoms with Gasteiger partial charge in [0.15, 0.2) is 5.58 Å². The third kappa shape index (κ3) is 3.06. The minimum atomic E-state index is -0.440. The van der Waals surface area contributed by atoms with Gasteiger partial charge >= 0.3 is 5.76 Å². The van der Waals surface area contributed by atoms with Crippen LogP contribution in [0, 0.1) is 0 Å². The van der Waals surface area contributed by atoms with Crippen LogP contribution in [0.25, 0.3) is 22.0 Å². The number of para-hydroxylation sites is 3. The highest BCUT2D eigenvalue weighted by molar-refractivity contribution is 5.81. The quantitative estimate of drug-likeness (QED) is 0.588. The maximum atomic E-state index is 12.1. The van der Waals surface area contributed by atoms with Gasteiger partial charge in [-0.15, -0.1) is 0 Å². The number of aryl methyl sites for hydroxylation is 1. The Balaban J connectivity index is 1.39. The van der Waals surface area contributed by atoms with E-state index in [2.05, 4.69) is 10.3 Å². The molecule has 2 heterocycles. The number of aromatic nitrogens is 2. The van der Waals surface area contributed by atoms with Crippen LogP contribution in [0.5, 0.6) is 0 Å². The fourth-order valence-corrected chi connectivity index (χ4v) is 2.95. The number of nitrogens with zero attached hydrogens (tertiary/aromatic N) is 1. The van der Waals surface area contributed by atoms with Crippen LogP contribution in [0.2, 0.25) is 0 Å². The molecule has 0 fully saturated rings. The number of fused-ring (bicyclic) bond motifs is 2. The molecule has 0 spiro atoms. The molecule has 0 aliphatic rings. The molecule has 2 aromatic carbocycles. The molecule has 4 aromatic rings. The number of benzene rings is 2. The lowest BCUT2D eigenvalue weighted by atomic mass is 10.2. The van der Waals surface area contributed by atoms with Crippen LogP contribution in [0.15, 0.2) is 63.8 Å². The summed E-state index contributed by atoms with van der Waals surface area (Å²) in [6.07, 6.45) is 0.212. The molecule has 2 aromatic heterocycles. The maximum Gasteiger partial charge on any atom is 0.419 e. The fraction of sp³-hybridized carbons (Fsp3) is 0.158. The van der Waals surface area contributed by atoms with Crippen molar-refractivity contribution < 1.29 is 9.21 Å². The molecule has 1 amide bonds. The summed E-state index contributed by atoms with van der Waals surface area (Å²) in [6, 6.07) is 17.2. The fourth-order valence-electron chi connectivity index (χ4n) is 2.95. The van der Waals surface area contributed by atoms with Crippen LogP contribution in [0.3, 0.4) is 0 Å². The van der Waals surface area contributed by atoms with E-state index in [0.29, 0.717) is 17.6 Å². The molecule has 126 valence electrons. The molecule has 0 aliphatic carbocycles. The minimum absolute atomic E-state index is 0.115. The Kier molecular flexibility index (Phi) is 3.85. The first kappa shape index (κ1) is 15.3. The lowest BCUT2D eigenvalue weighted by molar-refractivity contribution is -0.121. The molecule has 0 bridgehead atoms. The van der Waals surface area contributed by atoms with Gasteiger partial charge in [0, 0.05) is 24.2 Å². The number of nitrogens with one attached hydrogen (secondary N) is 2. The molecular formula is C19H17N3O3. The van der Waals surface area contributed by atoms with E-state index in [1.54, 1.807) is 6.07 Å². The molecule has 0 aliphatic heterocycles. The highest BCUT2D eigenvalue weighted by Crippen LogP contribution is 2.14. The van der Waals surface area contributed by atoms with Crippen LogP contribution in [-0.4, -0.2) is 15.5 Å². The first-order valence-corrected chi connectivity index (χ1v) is 8.12. The molecule has 6 heteroatoms. The molecule has 0 atom stereocenters. The summed E-state index contributed by atoms with van der Waals surface area (Å²) < 4.78 is 6.65. The predicted octanol–water partition coefficient (Wildman–Crippen LogP) is 2.78. The van der Waals surface area contributed by atoms with Crippen molar-refractivity contribution in [3.63, 3.8) is 0 Å². The van der Waals surface area contributed by atoms with Gasteiger partial charge in [0.25, 0.3) is 0 Å². The van der Waals surface area contributed by atoms with Crippen molar-refractivity contribution in [2.24, 2.45) is 0 Å². The average Bonchev–Trinajstić information content (AvgIpc) is 3.18. The SMILES string of the molecule is O=C(CCn1c(=O)oc2ccccc21)NCc1cc2ccccc2[nH]1. The van der Waals surface area contributed by atoms with Gasteiger partial charge in [0.1, 0.15) is 0 Å². The Bertz CT molecular complexity index is 1070. The van der Waals surface area contributed by atoms with E-state index in [1.165, 1.54) is 4.57 Å². The van der Waals surface area contributed by atoms with Crippen LogP contribution in [0.4, 0.5) is 0 Å². The van der Waals surface area contributed by atoms with E-state index in [4.69, 9.17) is 4.42 Å². The van der Waals surface area contributed by atoms with Crippen molar-refractivity contribution in [2.75, 3.05) is 0 Å². The van der Waals surface area contributed by atoms with E-state index >= 15 is 0 Å². The Hall–Kier alpha value is -3.28. The van der Waals surface area contributed by atoms with Crippen molar-refractivity contribution in [1.82, 2.24) is 14.9 Å². The van der Waals surface area contributed by atoms with Gasteiger partial charge < -0.3 is 14.7 Å². The average molecular weight is 335 g/mol. The van der Waals surface area contributed by atoms with E-state index in [1.807, 2.05) is 48.5 Å². The Morgan fingerprint density at radius 3 is 2.80 bits per heavy atom. The van der Waals surface area contributed by atoms with Crippen molar-refractivity contribution in [3.8, 4) is 0 Å². The van der Waals surface area contributed by atoms with Gasteiger partial charge in [-0.05, 0) is 29.7 Å². The summed E-state index contributed by atoms with van der Waals surface area (Å²) in [4.78, 5) is 27.3. The van der Waals surface area contributed by atoms with Gasteiger partial charge in [-0.25, -0.2) is 4.79 Å². The zero-order chi connectivity index (χ0) is 17.2. The molecule has 4 rings (SSSR count). The summed E-state index contributed by atoms with van der Waals surface area (Å²) in [5, 5.41) is 3.99. The number of hydrogen-bond acceptors (Lipinski definition) is 3. The zero-order valence-corrected chi connectivity index (χ0v) is 13.5. The summed E-state index contributed by atoms with van der Waals surface area (Å²) in [5.74, 6) is -0.555. The normalized spacial score (nSPS) is 11.2. The maximum absolute atomic E-state index is 12.1. The van der Waals surface area contributed by atoms with Crippen molar-refractivity contribution in [2.45, 2.75) is 19.5 Å². The lowest BCUT2D eigenvalue weighted by Crippen LogP contribution is -2.25. The van der Waals surface area contributed by atoms with Crippen molar-refractivity contribution >= 4 is 27.9 Å². The largest absolute Gasteiger partial charge is 0.419 e. The molecule has 0 saturated carbocycles. The predicted molar refractivity (Wildman–Crippen MR) is 95.2 cm³/mol. The topological polar surface area (TPSA) is 80.0 Å². The Morgan fingerprint density at radius 1 is 1.12 bits per heavy atom. The van der Waals surface area contributed by atoms with Gasteiger partial charge in [-0.3, -0.25) is 9.36 Å². The minimum Gasteiger partial charge on any atom is -0.408 e. The molecule has 0 unspecified atom stereocenters. The van der Waals surface area contributed by atoms with Crippen LogP contribution in [-0.2, 0) is 17.9 Å². The van der Waals surface area contributed by atoms with E-state index in [9.17, 15) is 9.59 Å². The Labute approximate surface area is 143 Å². The van der Waals surface area contributed by atoms with E-state index in [0.717, 1.165) is 16.6 Å². The standard InChI is InChI=1S/C19H17N3O3/c23-18(20-12-14-11-13-5-1-2-6-15(13)21-14)9-10-22-16-7-3-4-8-17(16)25-19(22)24/h1-8,11,21H,9-10,12H2,(H,20,23). The summed E-state index contributed by atoms with van der Waals surface area (Å²) in [6.45, 7) is 0.711. The van der Waals surface area contributed by atoms with Crippen LogP contribution in [0.1, 0.15) is 12.1 Å². The second-order valence-electron chi connectivity index (χ2n) is 5.90. The second kappa shape index (κ2) is 6.32. The summed E-state index contributed by atoms with van der Waals surface area (Å²) >= 11 is 0. The molecular weight excluding hydrogens is 318 g/mol. The number of carbonyl (C=O) groups is 1. The number of carbonyl (C=O) groups excluding carboxylic acids is 1. The molecule has 0 radical (unpaired) electrons. The Morgan fingerprint density at radius 2 is 1.92 bits per heavy atom. The molecule has 0 saturated heterocycles. The third-order valence-corrected chi connectivity index (χ3v) is 4.20. The zero-order valence-electron chi connectivity index (χ0n) is 13.5. The van der Waals surface area contributed by atoms with Crippen LogP contribution >= 0.6 is 0 Å². The van der Waals surface area contributed by atoms with Gasteiger partial charge in [-0.1, -0.05) is 30.3 Å². The number of rotatable bonds is 5. The highest BCUT2D eigenvalue weighted by atomic mass is 16.4. The summed E-state index contributed by atoms with van der Waals surface area (Å²) in [5.41, 5.74) is 3.23. The number of oxazole rings is 1. The van der Waals surface area contributed by atoms with E-state index in [-0.39, 0.29) is 18.9 Å². The third-order valence-electron chi connectivity index (χ3n) is 4.20. The first-order valence-electron chi connectivity index (χ1n) is 8.12. The lowest BCUT2D eigenvalue weighted by Gasteiger charge is -2.04. The second-order valence-corrected chi connectivity index (χ2v) is 5.90. The number of H-pyrrole nitrogens is 1. The van der Waals surface area contributed by atoms with Crippen molar-refractivity contribution in [3.05, 3.63) is 70.8 Å².